The lowest BCUT2D eigenvalue weighted by Crippen LogP contribution is -2.50. The number of aliphatic hydroxyl groups excluding tert-OH is 1. The maximum Gasteiger partial charge on any atom is 0.416 e. The number of sulfonamides is 1. The minimum Gasteiger partial charge on any atom is -0.491 e. The molecule has 1 aromatic heterocycles. The van der Waals surface area contributed by atoms with Crippen LogP contribution in [0, 0.1) is 17.2 Å². The summed E-state index contributed by atoms with van der Waals surface area (Å²) in [7, 11) is -2.42. The maximum absolute atomic E-state index is 13.7. The van der Waals surface area contributed by atoms with Gasteiger partial charge >= 0.3 is 6.18 Å². The molecule has 0 aliphatic heterocycles. The van der Waals surface area contributed by atoms with E-state index in [0.29, 0.717) is 35.2 Å². The van der Waals surface area contributed by atoms with Gasteiger partial charge in [-0.25, -0.2) is 13.4 Å². The Bertz CT molecular complexity index is 1730. The molecule has 0 bridgehead atoms. The number of anilines is 2. The second kappa shape index (κ2) is 15.7. The third-order valence-corrected chi connectivity index (χ3v) is 9.90. The number of benzene rings is 2. The van der Waals surface area contributed by atoms with Crippen LogP contribution in [0.5, 0.6) is 5.75 Å². The standard InChI is InChI=1S/C33H39F3N6O5S/c1-21(2)48(45,46)42(3)31-15-25(14-30(41-31)39-18-22-10-11-22)32(44)40-28(20-47-27-9-5-6-23(13-27)16-37)29(43)19-38-17-24-7-4-8-26(12-24)33(34,35)36/h4-9,12-15,21-22,28-29,38,43H,10-11,17-20H2,1-3H3,(H,39,41)(H,40,44). The second-order valence-corrected chi connectivity index (χ2v) is 14.4. The summed E-state index contributed by atoms with van der Waals surface area (Å²) in [4.78, 5) is 18.1. The first kappa shape index (κ1) is 36.4. The summed E-state index contributed by atoms with van der Waals surface area (Å²) >= 11 is 0. The average molecular weight is 689 g/mol. The van der Waals surface area contributed by atoms with Crippen LogP contribution in [0.15, 0.2) is 60.7 Å². The Kier molecular flexibility index (Phi) is 11.9. The summed E-state index contributed by atoms with van der Waals surface area (Å²) in [5, 5.41) is 28.5. The van der Waals surface area contributed by atoms with Crippen LogP contribution in [0.4, 0.5) is 24.8 Å². The van der Waals surface area contributed by atoms with E-state index in [1.54, 1.807) is 18.2 Å². The molecule has 0 saturated heterocycles. The number of carbonyl (C=O) groups excluding carboxylic acids is 1. The van der Waals surface area contributed by atoms with Crippen molar-refractivity contribution < 1.29 is 36.2 Å². The first-order chi connectivity index (χ1) is 22.7. The molecule has 4 rings (SSSR count). The molecule has 1 heterocycles. The van der Waals surface area contributed by atoms with E-state index in [2.05, 4.69) is 20.9 Å². The van der Waals surface area contributed by atoms with E-state index in [9.17, 15) is 36.8 Å². The highest BCUT2D eigenvalue weighted by Gasteiger charge is 2.31. The third kappa shape index (κ3) is 10.1. The molecule has 2 unspecified atom stereocenters. The zero-order valence-electron chi connectivity index (χ0n) is 26.8. The Labute approximate surface area is 278 Å². The van der Waals surface area contributed by atoms with Crippen LogP contribution >= 0.6 is 0 Å². The Morgan fingerprint density at radius 3 is 2.54 bits per heavy atom. The highest BCUT2D eigenvalue weighted by atomic mass is 32.2. The molecule has 1 amide bonds. The lowest BCUT2D eigenvalue weighted by molar-refractivity contribution is -0.137. The fraction of sp³-hybridized carbons (Fsp3) is 0.424. The highest BCUT2D eigenvalue weighted by molar-refractivity contribution is 7.93. The number of halogens is 3. The first-order valence-electron chi connectivity index (χ1n) is 15.4. The van der Waals surface area contributed by atoms with Crippen LogP contribution < -0.4 is 25.0 Å². The predicted molar refractivity (Wildman–Crippen MR) is 175 cm³/mol. The van der Waals surface area contributed by atoms with Gasteiger partial charge in [-0.05, 0) is 74.6 Å². The fourth-order valence-electron chi connectivity index (χ4n) is 4.62. The molecule has 15 heteroatoms. The van der Waals surface area contributed by atoms with E-state index in [4.69, 9.17) is 4.74 Å². The number of amides is 1. The Hall–Kier alpha value is -4.39. The Balaban J connectivity index is 1.55. The van der Waals surface area contributed by atoms with Gasteiger partial charge in [-0.15, -0.1) is 0 Å². The zero-order chi connectivity index (χ0) is 35.1. The molecule has 1 fully saturated rings. The van der Waals surface area contributed by atoms with Crippen LogP contribution in [0.3, 0.4) is 0 Å². The largest absolute Gasteiger partial charge is 0.491 e. The average Bonchev–Trinajstić information content (AvgIpc) is 3.89. The van der Waals surface area contributed by atoms with E-state index in [1.807, 2.05) is 6.07 Å². The Morgan fingerprint density at radius 2 is 1.88 bits per heavy atom. The summed E-state index contributed by atoms with van der Waals surface area (Å²) in [5.74, 6) is 0.457. The number of nitriles is 1. The number of pyridine rings is 1. The molecular weight excluding hydrogens is 649 g/mol. The second-order valence-electron chi connectivity index (χ2n) is 11.9. The molecule has 3 aromatic rings. The number of nitrogens with zero attached hydrogens (tertiary/aromatic N) is 3. The molecular formula is C33H39F3N6O5S. The molecule has 11 nitrogen and oxygen atoms in total. The number of ether oxygens (including phenoxy) is 1. The molecule has 4 N–H and O–H groups in total. The lowest BCUT2D eigenvalue weighted by atomic mass is 10.1. The van der Waals surface area contributed by atoms with Gasteiger partial charge in [0.1, 0.15) is 24.0 Å². The number of rotatable bonds is 16. The van der Waals surface area contributed by atoms with Crippen molar-refractivity contribution in [1.29, 1.82) is 5.26 Å². The van der Waals surface area contributed by atoms with Gasteiger partial charge in [0.2, 0.25) is 10.0 Å². The number of hydrogen-bond acceptors (Lipinski definition) is 9. The molecule has 0 radical (unpaired) electrons. The summed E-state index contributed by atoms with van der Waals surface area (Å²) < 4.78 is 72.2. The minimum absolute atomic E-state index is 0.00706. The predicted octanol–water partition coefficient (Wildman–Crippen LogP) is 4.30. The minimum atomic E-state index is -4.50. The Morgan fingerprint density at radius 1 is 1.15 bits per heavy atom. The molecule has 48 heavy (non-hydrogen) atoms. The number of aromatic nitrogens is 1. The monoisotopic (exact) mass is 688 g/mol. The highest BCUT2D eigenvalue weighted by Crippen LogP contribution is 2.30. The van der Waals surface area contributed by atoms with Crippen molar-refractivity contribution in [2.45, 2.75) is 56.8 Å². The van der Waals surface area contributed by atoms with Gasteiger partial charge in [-0.3, -0.25) is 9.10 Å². The molecule has 1 aliphatic rings. The summed E-state index contributed by atoms with van der Waals surface area (Å²) in [5.41, 5.74) is -0.0367. The quantitative estimate of drug-likeness (QED) is 0.172. The molecule has 1 saturated carbocycles. The summed E-state index contributed by atoms with van der Waals surface area (Å²) in [6.45, 7) is 3.31. The van der Waals surface area contributed by atoms with E-state index in [-0.39, 0.29) is 31.1 Å². The molecule has 0 spiro atoms. The normalized spacial score (nSPS) is 14.6. The van der Waals surface area contributed by atoms with Gasteiger partial charge in [0.05, 0.1) is 34.6 Å². The summed E-state index contributed by atoms with van der Waals surface area (Å²) in [6.07, 6.45) is -3.67. The third-order valence-electron chi connectivity index (χ3n) is 7.75. The van der Waals surface area contributed by atoms with Crippen LogP contribution in [0.25, 0.3) is 0 Å². The first-order valence-corrected chi connectivity index (χ1v) is 16.9. The van der Waals surface area contributed by atoms with Gasteiger partial charge < -0.3 is 25.8 Å². The molecule has 2 atom stereocenters. The van der Waals surface area contributed by atoms with Crippen molar-refractivity contribution >= 4 is 27.6 Å². The van der Waals surface area contributed by atoms with Crippen molar-refractivity contribution in [3.05, 3.63) is 82.9 Å². The van der Waals surface area contributed by atoms with Gasteiger partial charge in [0.15, 0.2) is 0 Å². The fourth-order valence-corrected chi connectivity index (χ4v) is 5.61. The van der Waals surface area contributed by atoms with Crippen molar-refractivity contribution in [1.82, 2.24) is 15.6 Å². The molecule has 258 valence electrons. The number of nitrogens with one attached hydrogen (secondary N) is 3. The molecule has 1 aliphatic carbocycles. The van der Waals surface area contributed by atoms with Crippen molar-refractivity contribution in [2.75, 3.05) is 36.4 Å². The van der Waals surface area contributed by atoms with Gasteiger partial charge in [0, 0.05) is 32.2 Å². The SMILES string of the molecule is CC(C)S(=O)(=O)N(C)c1cc(C(=O)NC(COc2cccc(C#N)c2)C(O)CNCc2cccc(C(F)(F)F)c2)cc(NCC2CC2)n1. The van der Waals surface area contributed by atoms with Crippen molar-refractivity contribution in [3.63, 3.8) is 0 Å². The van der Waals surface area contributed by atoms with Crippen LogP contribution in [-0.4, -0.2) is 68.6 Å². The van der Waals surface area contributed by atoms with E-state index < -0.39 is 45.1 Å². The van der Waals surface area contributed by atoms with Gasteiger partial charge in [-0.2, -0.15) is 18.4 Å². The topological polar surface area (TPSA) is 157 Å². The van der Waals surface area contributed by atoms with Crippen molar-refractivity contribution in [3.8, 4) is 11.8 Å². The van der Waals surface area contributed by atoms with Gasteiger partial charge in [0.25, 0.3) is 5.91 Å². The van der Waals surface area contributed by atoms with Crippen LogP contribution in [0.2, 0.25) is 0 Å². The van der Waals surface area contributed by atoms with Crippen LogP contribution in [0.1, 0.15) is 53.7 Å². The lowest BCUT2D eigenvalue weighted by Gasteiger charge is -2.26. The maximum atomic E-state index is 13.7. The smallest absolute Gasteiger partial charge is 0.416 e. The van der Waals surface area contributed by atoms with E-state index in [1.165, 1.54) is 51.2 Å². The van der Waals surface area contributed by atoms with Crippen LogP contribution in [-0.2, 0) is 22.7 Å². The van der Waals surface area contributed by atoms with E-state index >= 15 is 0 Å². The summed E-state index contributed by atoms with van der Waals surface area (Å²) in [6, 6.07) is 14.9. The number of carbonyl (C=O) groups is 1. The number of alkyl halides is 3. The zero-order valence-corrected chi connectivity index (χ0v) is 27.6. The molecule has 2 aromatic carbocycles. The van der Waals surface area contributed by atoms with Crippen molar-refractivity contribution in [2.24, 2.45) is 5.92 Å². The number of hydrogen-bond donors (Lipinski definition) is 4. The van der Waals surface area contributed by atoms with Gasteiger partial charge in [-0.1, -0.05) is 24.3 Å². The number of aliphatic hydroxyl groups is 1. The van der Waals surface area contributed by atoms with E-state index in [0.717, 1.165) is 29.3 Å².